The molecule has 0 unspecified atom stereocenters. The van der Waals surface area contributed by atoms with Gasteiger partial charge >= 0.3 is 0 Å². The van der Waals surface area contributed by atoms with Crippen molar-refractivity contribution in [1.82, 2.24) is 9.55 Å². The number of nitriles is 1. The van der Waals surface area contributed by atoms with Crippen molar-refractivity contribution in [3.8, 4) is 6.07 Å². The van der Waals surface area contributed by atoms with Crippen LogP contribution in [-0.4, -0.2) is 15.5 Å². The zero-order chi connectivity index (χ0) is 16.8. The van der Waals surface area contributed by atoms with Gasteiger partial charge in [0.25, 0.3) is 5.91 Å². The number of nitrogens with one attached hydrogen (secondary N) is 1. The number of halogens is 1. The van der Waals surface area contributed by atoms with Crippen LogP contribution in [0.25, 0.3) is 22.2 Å². The van der Waals surface area contributed by atoms with Crippen LogP contribution in [0.3, 0.4) is 0 Å². The Balaban J connectivity index is 2.04. The zero-order valence-electron chi connectivity index (χ0n) is 12.7. The molecule has 0 saturated carbocycles. The number of hydrogen-bond acceptors (Lipinski definition) is 3. The lowest BCUT2D eigenvalue weighted by Crippen LogP contribution is -2.07. The van der Waals surface area contributed by atoms with Crippen molar-refractivity contribution in [3.63, 3.8) is 0 Å². The number of benzene rings is 2. The van der Waals surface area contributed by atoms with Crippen LogP contribution in [0.1, 0.15) is 11.4 Å². The second-order valence-electron chi connectivity index (χ2n) is 5.49. The minimum absolute atomic E-state index is 0.121. The number of aromatic nitrogens is 2. The number of para-hydroxylation sites is 2. The number of fused-ring (bicyclic) bond motifs is 2. The van der Waals surface area contributed by atoms with E-state index < -0.39 is 11.7 Å². The maximum atomic E-state index is 13.6. The molecule has 6 heteroatoms. The summed E-state index contributed by atoms with van der Waals surface area (Å²) in [7, 11) is 1.78. The van der Waals surface area contributed by atoms with E-state index in [9.17, 15) is 14.4 Å². The lowest BCUT2D eigenvalue weighted by molar-refractivity contribution is -0.110. The summed E-state index contributed by atoms with van der Waals surface area (Å²) in [5, 5.41) is 12.3. The summed E-state index contributed by atoms with van der Waals surface area (Å²) in [6.45, 7) is 0. The van der Waals surface area contributed by atoms with Gasteiger partial charge < -0.3 is 9.88 Å². The van der Waals surface area contributed by atoms with Gasteiger partial charge in [0.1, 0.15) is 17.5 Å². The van der Waals surface area contributed by atoms with Crippen molar-refractivity contribution in [3.05, 3.63) is 59.7 Å². The highest BCUT2D eigenvalue weighted by Gasteiger charge is 2.30. The molecular weight excluding hydrogens is 307 g/mol. The molecule has 1 aliphatic heterocycles. The quantitative estimate of drug-likeness (QED) is 0.553. The fraction of sp³-hybridized carbons (Fsp3) is 0.0556. The first-order valence-electron chi connectivity index (χ1n) is 7.27. The van der Waals surface area contributed by atoms with Gasteiger partial charge in [-0.05, 0) is 30.3 Å². The van der Waals surface area contributed by atoms with Crippen LogP contribution in [-0.2, 0) is 11.8 Å². The normalized spacial score (nSPS) is 15.1. The summed E-state index contributed by atoms with van der Waals surface area (Å²) in [4.78, 5) is 16.8. The highest BCUT2D eigenvalue weighted by Crippen LogP contribution is 2.37. The van der Waals surface area contributed by atoms with Crippen molar-refractivity contribution < 1.29 is 9.18 Å². The standard InChI is InChI=1S/C18H11FN4O/c1-23-15-5-3-2-4-14(15)21-17(23)12(9-20)16-11-8-10(19)6-7-13(11)22-18(16)24/h2-8H,1H3,(H,22,24)/b16-12-. The predicted octanol–water partition coefficient (Wildman–Crippen LogP) is 3.10. The molecule has 1 aromatic heterocycles. The first-order valence-corrected chi connectivity index (χ1v) is 7.27. The molecule has 0 aliphatic carbocycles. The predicted molar refractivity (Wildman–Crippen MR) is 88.2 cm³/mol. The Morgan fingerprint density at radius 1 is 1.29 bits per heavy atom. The van der Waals surface area contributed by atoms with E-state index in [1.165, 1.54) is 18.2 Å². The number of aryl methyl sites for hydroxylation is 1. The first kappa shape index (κ1) is 14.2. The van der Waals surface area contributed by atoms with Gasteiger partial charge in [-0.1, -0.05) is 12.1 Å². The molecule has 4 rings (SSSR count). The number of amides is 1. The molecule has 5 nitrogen and oxygen atoms in total. The van der Waals surface area contributed by atoms with Crippen molar-refractivity contribution in [1.29, 1.82) is 5.26 Å². The van der Waals surface area contributed by atoms with Crippen LogP contribution >= 0.6 is 0 Å². The molecule has 3 aromatic rings. The van der Waals surface area contributed by atoms with E-state index in [1.54, 1.807) is 11.6 Å². The molecule has 0 bridgehead atoms. The summed E-state index contributed by atoms with van der Waals surface area (Å²) in [6.07, 6.45) is 0. The fourth-order valence-electron chi connectivity index (χ4n) is 2.97. The largest absolute Gasteiger partial charge is 0.326 e. The van der Waals surface area contributed by atoms with Crippen LogP contribution in [0.5, 0.6) is 0 Å². The van der Waals surface area contributed by atoms with Crippen LogP contribution in [0.15, 0.2) is 42.5 Å². The van der Waals surface area contributed by atoms with Gasteiger partial charge in [-0.3, -0.25) is 4.79 Å². The molecule has 24 heavy (non-hydrogen) atoms. The SMILES string of the molecule is Cn1c(/C(C#N)=C2\C(=O)Nc3ccc(F)cc32)nc2ccccc21. The highest BCUT2D eigenvalue weighted by molar-refractivity contribution is 6.37. The molecule has 2 aromatic carbocycles. The molecule has 0 radical (unpaired) electrons. The van der Waals surface area contributed by atoms with Gasteiger partial charge in [0.15, 0.2) is 5.82 Å². The molecule has 0 fully saturated rings. The second kappa shape index (κ2) is 5.03. The van der Waals surface area contributed by atoms with Gasteiger partial charge in [0.05, 0.1) is 16.6 Å². The summed E-state index contributed by atoms with van der Waals surface area (Å²) >= 11 is 0. The maximum absolute atomic E-state index is 13.6. The van der Waals surface area contributed by atoms with Crippen LogP contribution in [0.2, 0.25) is 0 Å². The smallest absolute Gasteiger partial charge is 0.257 e. The third-order valence-electron chi connectivity index (χ3n) is 4.10. The monoisotopic (exact) mass is 318 g/mol. The van der Waals surface area contributed by atoms with Gasteiger partial charge in [-0.25, -0.2) is 9.37 Å². The number of hydrogen-bond donors (Lipinski definition) is 1. The lowest BCUT2D eigenvalue weighted by atomic mass is 10.0. The van der Waals surface area contributed by atoms with E-state index in [-0.39, 0.29) is 11.1 Å². The number of nitrogens with zero attached hydrogens (tertiary/aromatic N) is 3. The molecular formula is C18H11FN4O. The molecule has 2 heterocycles. The van der Waals surface area contributed by atoms with Crippen molar-refractivity contribution in [2.24, 2.45) is 7.05 Å². The summed E-state index contributed by atoms with van der Waals surface area (Å²) in [5.41, 5.74) is 2.70. The number of carbonyl (C=O) groups excluding carboxylic acids is 1. The summed E-state index contributed by atoms with van der Waals surface area (Å²) in [5.74, 6) is -0.523. The minimum atomic E-state index is -0.468. The molecule has 0 atom stereocenters. The van der Waals surface area contributed by atoms with E-state index >= 15 is 0 Å². The Bertz CT molecular complexity index is 1090. The molecule has 0 saturated heterocycles. The molecule has 1 aliphatic rings. The molecule has 1 amide bonds. The number of imidazole rings is 1. The Morgan fingerprint density at radius 2 is 2.08 bits per heavy atom. The van der Waals surface area contributed by atoms with Gasteiger partial charge in [0, 0.05) is 18.3 Å². The average Bonchev–Trinajstić information content (AvgIpc) is 3.07. The van der Waals surface area contributed by atoms with Crippen molar-refractivity contribution >= 4 is 33.8 Å². The Kier molecular flexibility index (Phi) is 2.97. The molecule has 1 N–H and O–H groups in total. The van der Waals surface area contributed by atoms with E-state index in [2.05, 4.69) is 16.4 Å². The van der Waals surface area contributed by atoms with E-state index in [1.807, 2.05) is 24.3 Å². The number of rotatable bonds is 1. The van der Waals surface area contributed by atoms with Gasteiger partial charge in [0.2, 0.25) is 0 Å². The summed E-state index contributed by atoms with van der Waals surface area (Å²) < 4.78 is 15.4. The Labute approximate surface area is 136 Å². The molecule has 0 spiro atoms. The maximum Gasteiger partial charge on any atom is 0.257 e. The fourth-order valence-corrected chi connectivity index (χ4v) is 2.97. The van der Waals surface area contributed by atoms with E-state index in [0.29, 0.717) is 17.1 Å². The zero-order valence-corrected chi connectivity index (χ0v) is 12.7. The van der Waals surface area contributed by atoms with Gasteiger partial charge in [-0.2, -0.15) is 5.26 Å². The lowest BCUT2D eigenvalue weighted by Gasteiger charge is -2.04. The average molecular weight is 318 g/mol. The third kappa shape index (κ3) is 1.92. The second-order valence-corrected chi connectivity index (χ2v) is 5.49. The first-order chi connectivity index (χ1) is 11.6. The third-order valence-corrected chi connectivity index (χ3v) is 4.10. The summed E-state index contributed by atoms with van der Waals surface area (Å²) in [6, 6.07) is 13.5. The van der Waals surface area contributed by atoms with Crippen molar-refractivity contribution in [2.75, 3.05) is 5.32 Å². The Hall–Kier alpha value is -3.46. The number of anilines is 1. The topological polar surface area (TPSA) is 70.7 Å². The Morgan fingerprint density at radius 3 is 2.83 bits per heavy atom. The number of carbonyl (C=O) groups is 1. The minimum Gasteiger partial charge on any atom is -0.326 e. The van der Waals surface area contributed by atoms with Crippen LogP contribution in [0, 0.1) is 17.1 Å². The molecule has 116 valence electrons. The highest BCUT2D eigenvalue weighted by atomic mass is 19.1. The van der Waals surface area contributed by atoms with Crippen LogP contribution < -0.4 is 5.32 Å². The van der Waals surface area contributed by atoms with E-state index in [4.69, 9.17) is 0 Å². The van der Waals surface area contributed by atoms with E-state index in [0.717, 1.165) is 11.0 Å². The number of allylic oxidation sites excluding steroid dienone is 1. The van der Waals surface area contributed by atoms with Crippen LogP contribution in [0.4, 0.5) is 10.1 Å². The van der Waals surface area contributed by atoms with Gasteiger partial charge in [-0.15, -0.1) is 0 Å². The van der Waals surface area contributed by atoms with Crippen molar-refractivity contribution in [2.45, 2.75) is 0 Å².